The number of aryl methyl sites for hydroxylation is 2. The molecule has 6 heteroatoms. The maximum atomic E-state index is 11.9. The molecule has 0 aliphatic rings. The van der Waals surface area contributed by atoms with Gasteiger partial charge in [0.2, 0.25) is 0 Å². The summed E-state index contributed by atoms with van der Waals surface area (Å²) in [4.78, 5) is 27.5. The smallest absolute Gasteiger partial charge is 0.326 e. The molecule has 5 nitrogen and oxygen atoms in total. The zero-order valence-electron chi connectivity index (χ0n) is 10.6. The van der Waals surface area contributed by atoms with E-state index in [4.69, 9.17) is 5.11 Å². The largest absolute Gasteiger partial charge is 0.480 e. The molecule has 0 spiro atoms. The van der Waals surface area contributed by atoms with Crippen LogP contribution in [0.25, 0.3) is 0 Å². The van der Waals surface area contributed by atoms with E-state index in [2.05, 4.69) is 10.3 Å². The molecule has 1 aromatic rings. The van der Waals surface area contributed by atoms with Crippen molar-refractivity contribution in [3.8, 4) is 0 Å². The Hall–Kier alpha value is -1.69. The Morgan fingerprint density at radius 2 is 2.17 bits per heavy atom. The monoisotopic (exact) mass is 268 g/mol. The number of nitrogens with zero attached hydrogens (tertiary/aromatic N) is 1. The van der Waals surface area contributed by atoms with E-state index < -0.39 is 12.0 Å². The molecule has 1 heterocycles. The molecule has 0 radical (unpaired) electrons. The predicted molar refractivity (Wildman–Crippen MR) is 69.9 cm³/mol. The minimum atomic E-state index is -1.04. The molecule has 1 atom stereocenters. The van der Waals surface area contributed by atoms with Crippen molar-refractivity contribution in [1.29, 1.82) is 0 Å². The second-order valence-corrected chi connectivity index (χ2v) is 5.02. The number of hydrogen-bond acceptors (Lipinski definition) is 4. The lowest BCUT2D eigenvalue weighted by molar-refractivity contribution is -0.139. The minimum Gasteiger partial charge on any atom is -0.480 e. The van der Waals surface area contributed by atoms with Gasteiger partial charge in [-0.3, -0.25) is 4.79 Å². The number of rotatable bonds is 5. The van der Waals surface area contributed by atoms with Crippen LogP contribution in [0.5, 0.6) is 0 Å². The summed E-state index contributed by atoms with van der Waals surface area (Å²) in [5, 5.41) is 12.3. The third-order valence-corrected chi connectivity index (χ3v) is 3.39. The third-order valence-electron chi connectivity index (χ3n) is 2.32. The molecule has 18 heavy (non-hydrogen) atoms. The van der Waals surface area contributed by atoms with Gasteiger partial charge in [0.25, 0.3) is 5.91 Å². The van der Waals surface area contributed by atoms with Crippen LogP contribution >= 0.6 is 11.3 Å². The van der Waals surface area contributed by atoms with Crippen molar-refractivity contribution in [1.82, 2.24) is 10.3 Å². The molecule has 2 N–H and O–H groups in total. The number of aromatic nitrogens is 1. The fourth-order valence-corrected chi connectivity index (χ4v) is 2.28. The van der Waals surface area contributed by atoms with Gasteiger partial charge in [0.1, 0.15) is 10.9 Å². The van der Waals surface area contributed by atoms with E-state index in [9.17, 15) is 9.59 Å². The van der Waals surface area contributed by atoms with Crippen LogP contribution < -0.4 is 5.32 Å². The minimum absolute atomic E-state index is 0.272. The van der Waals surface area contributed by atoms with Crippen LogP contribution in [-0.2, 0) is 4.79 Å². The number of hydrogen-bond donors (Lipinski definition) is 2. The molecule has 0 aromatic carbocycles. The lowest BCUT2D eigenvalue weighted by atomic mass is 10.2. The molecule has 98 valence electrons. The first-order valence-corrected chi connectivity index (χ1v) is 6.36. The Morgan fingerprint density at radius 3 is 2.61 bits per heavy atom. The fourth-order valence-electron chi connectivity index (χ4n) is 1.46. The normalized spacial score (nSPS) is 12.6. The number of aliphatic carboxylic acids is 1. The quantitative estimate of drug-likeness (QED) is 0.799. The summed E-state index contributed by atoms with van der Waals surface area (Å²) in [7, 11) is 0. The van der Waals surface area contributed by atoms with E-state index in [-0.39, 0.29) is 12.3 Å². The maximum absolute atomic E-state index is 11.9. The molecule has 0 saturated heterocycles. The SMILES string of the molecule is C/C=C/CC(NC(=O)c1sc(C)nc1C)C(=O)O. The van der Waals surface area contributed by atoms with Crippen molar-refractivity contribution in [2.45, 2.75) is 33.2 Å². The molecular formula is C12H16N2O3S. The fraction of sp³-hybridized carbons (Fsp3) is 0.417. The zero-order chi connectivity index (χ0) is 13.7. The molecule has 0 fully saturated rings. The Bertz CT molecular complexity index is 480. The lowest BCUT2D eigenvalue weighted by Gasteiger charge is -2.11. The molecule has 0 aliphatic carbocycles. The summed E-state index contributed by atoms with van der Waals surface area (Å²) in [6.45, 7) is 5.35. The molecule has 1 unspecified atom stereocenters. The second kappa shape index (κ2) is 6.30. The van der Waals surface area contributed by atoms with Gasteiger partial charge in [0.15, 0.2) is 0 Å². The van der Waals surface area contributed by atoms with Crippen LogP contribution in [0.1, 0.15) is 33.7 Å². The number of amides is 1. The molecule has 0 aliphatic heterocycles. The van der Waals surface area contributed by atoms with E-state index in [0.717, 1.165) is 5.01 Å². The Kier molecular flexibility index (Phi) is 5.03. The summed E-state index contributed by atoms with van der Waals surface area (Å²) in [6, 6.07) is -0.907. The maximum Gasteiger partial charge on any atom is 0.326 e. The number of carbonyl (C=O) groups excluding carboxylic acids is 1. The summed E-state index contributed by atoms with van der Waals surface area (Å²) >= 11 is 1.27. The van der Waals surface area contributed by atoms with Crippen molar-refractivity contribution in [2.75, 3.05) is 0 Å². The van der Waals surface area contributed by atoms with Crippen molar-refractivity contribution in [3.63, 3.8) is 0 Å². The second-order valence-electron chi connectivity index (χ2n) is 3.82. The Labute approximate surface area is 110 Å². The van der Waals surface area contributed by atoms with Gasteiger partial charge in [-0.15, -0.1) is 11.3 Å². The number of carboxylic acid groups (broad SMARTS) is 1. The van der Waals surface area contributed by atoms with Gasteiger partial charge in [-0.1, -0.05) is 12.2 Å². The topological polar surface area (TPSA) is 79.3 Å². The lowest BCUT2D eigenvalue weighted by Crippen LogP contribution is -2.40. The molecule has 1 rings (SSSR count). The van der Waals surface area contributed by atoms with E-state index in [1.54, 1.807) is 26.0 Å². The zero-order valence-corrected chi connectivity index (χ0v) is 11.4. The van der Waals surface area contributed by atoms with E-state index in [1.807, 2.05) is 6.92 Å². The van der Waals surface area contributed by atoms with Gasteiger partial charge in [-0.25, -0.2) is 9.78 Å². The summed E-state index contributed by atoms with van der Waals surface area (Å²) in [6.07, 6.45) is 3.74. The molecular weight excluding hydrogens is 252 g/mol. The highest BCUT2D eigenvalue weighted by atomic mass is 32.1. The van der Waals surface area contributed by atoms with Gasteiger partial charge in [0.05, 0.1) is 10.7 Å². The van der Waals surface area contributed by atoms with Gasteiger partial charge >= 0.3 is 5.97 Å². The predicted octanol–water partition coefficient (Wildman–Crippen LogP) is 1.91. The molecule has 1 aromatic heterocycles. The Morgan fingerprint density at radius 1 is 1.50 bits per heavy atom. The molecule has 0 bridgehead atoms. The summed E-state index contributed by atoms with van der Waals surface area (Å²) in [5.74, 6) is -1.42. The highest BCUT2D eigenvalue weighted by Crippen LogP contribution is 2.17. The molecule has 1 amide bonds. The van der Waals surface area contributed by atoms with Gasteiger partial charge in [-0.05, 0) is 27.2 Å². The summed E-state index contributed by atoms with van der Waals surface area (Å²) in [5.41, 5.74) is 0.630. The first-order valence-electron chi connectivity index (χ1n) is 5.54. The van der Waals surface area contributed by atoms with Crippen LogP contribution in [-0.4, -0.2) is 28.0 Å². The standard InChI is InChI=1S/C12H16N2O3S/c1-4-5-6-9(12(16)17)14-11(15)10-7(2)13-8(3)18-10/h4-5,9H,6H2,1-3H3,(H,14,15)(H,16,17)/b5-4+. The van der Waals surface area contributed by atoms with Gasteiger partial charge < -0.3 is 10.4 Å². The van der Waals surface area contributed by atoms with Crippen molar-refractivity contribution >= 4 is 23.2 Å². The van der Waals surface area contributed by atoms with Crippen molar-refractivity contribution in [2.24, 2.45) is 0 Å². The van der Waals surface area contributed by atoms with Crippen LogP contribution in [0, 0.1) is 13.8 Å². The highest BCUT2D eigenvalue weighted by Gasteiger charge is 2.21. The number of carbonyl (C=O) groups is 2. The van der Waals surface area contributed by atoms with Crippen molar-refractivity contribution in [3.05, 3.63) is 27.7 Å². The van der Waals surface area contributed by atoms with Crippen LogP contribution in [0.15, 0.2) is 12.2 Å². The van der Waals surface area contributed by atoms with Crippen LogP contribution in [0.3, 0.4) is 0 Å². The first kappa shape index (κ1) is 14.4. The number of carboxylic acids is 1. The average Bonchev–Trinajstić information content (AvgIpc) is 2.63. The van der Waals surface area contributed by atoms with E-state index in [1.165, 1.54) is 11.3 Å². The first-order chi connectivity index (χ1) is 8.45. The third kappa shape index (κ3) is 3.66. The number of nitrogens with one attached hydrogen (secondary N) is 1. The van der Waals surface area contributed by atoms with Gasteiger partial charge in [-0.2, -0.15) is 0 Å². The van der Waals surface area contributed by atoms with Crippen LogP contribution in [0.4, 0.5) is 0 Å². The Balaban J connectivity index is 2.78. The number of thiazole rings is 1. The van der Waals surface area contributed by atoms with Crippen LogP contribution in [0.2, 0.25) is 0 Å². The number of allylic oxidation sites excluding steroid dienone is 1. The average molecular weight is 268 g/mol. The van der Waals surface area contributed by atoms with Gasteiger partial charge in [0, 0.05) is 0 Å². The van der Waals surface area contributed by atoms with E-state index in [0.29, 0.717) is 10.6 Å². The van der Waals surface area contributed by atoms with Crippen molar-refractivity contribution < 1.29 is 14.7 Å². The molecule has 0 saturated carbocycles. The summed E-state index contributed by atoms with van der Waals surface area (Å²) < 4.78 is 0. The van der Waals surface area contributed by atoms with E-state index >= 15 is 0 Å². The highest BCUT2D eigenvalue weighted by molar-refractivity contribution is 7.13.